The SMILES string of the molecule is CCC(C)(C)NC(=O)c1cc2c(s1)C1(CCN(C(=O)CO)CC1)OCC2. The number of carbonyl (C=O) groups is 2. The number of aliphatic hydroxyl groups is 1. The first-order valence-electron chi connectivity index (χ1n) is 9.28. The number of fused-ring (bicyclic) bond motifs is 2. The molecule has 2 amide bonds. The third-order valence-corrected chi connectivity index (χ3v) is 6.95. The monoisotopic (exact) mass is 380 g/mol. The van der Waals surface area contributed by atoms with Gasteiger partial charge in [0.25, 0.3) is 5.91 Å². The molecule has 1 fully saturated rings. The highest BCUT2D eigenvalue weighted by atomic mass is 32.1. The molecule has 1 spiro atoms. The highest BCUT2D eigenvalue weighted by Gasteiger charge is 2.43. The number of ether oxygens (including phenoxy) is 1. The Morgan fingerprint density at radius 3 is 2.69 bits per heavy atom. The number of hydrogen-bond donors (Lipinski definition) is 2. The lowest BCUT2D eigenvalue weighted by molar-refractivity contribution is -0.143. The molecule has 3 heterocycles. The Morgan fingerprint density at radius 2 is 2.08 bits per heavy atom. The van der Waals surface area contributed by atoms with Crippen molar-refractivity contribution < 1.29 is 19.4 Å². The maximum Gasteiger partial charge on any atom is 0.261 e. The van der Waals surface area contributed by atoms with Crippen molar-refractivity contribution >= 4 is 23.2 Å². The molecule has 2 N–H and O–H groups in total. The molecule has 1 saturated heterocycles. The fourth-order valence-corrected chi connectivity index (χ4v) is 4.89. The number of hydrogen-bond acceptors (Lipinski definition) is 5. The third kappa shape index (κ3) is 3.66. The summed E-state index contributed by atoms with van der Waals surface area (Å²) in [5.74, 6) is -0.261. The van der Waals surface area contributed by atoms with E-state index in [0.717, 1.165) is 22.6 Å². The van der Waals surface area contributed by atoms with Crippen LogP contribution in [0.15, 0.2) is 6.07 Å². The zero-order valence-electron chi connectivity index (χ0n) is 15.8. The third-order valence-electron chi connectivity index (χ3n) is 5.59. The van der Waals surface area contributed by atoms with E-state index in [1.165, 1.54) is 16.9 Å². The zero-order valence-corrected chi connectivity index (χ0v) is 16.6. The number of thiophene rings is 1. The van der Waals surface area contributed by atoms with Gasteiger partial charge in [0.1, 0.15) is 12.2 Å². The molecule has 6 nitrogen and oxygen atoms in total. The quantitative estimate of drug-likeness (QED) is 0.838. The Morgan fingerprint density at radius 1 is 1.38 bits per heavy atom. The van der Waals surface area contributed by atoms with E-state index in [-0.39, 0.29) is 17.4 Å². The van der Waals surface area contributed by atoms with Crippen molar-refractivity contribution in [3.8, 4) is 0 Å². The van der Waals surface area contributed by atoms with E-state index in [1.807, 2.05) is 19.9 Å². The van der Waals surface area contributed by atoms with Gasteiger partial charge in [-0.1, -0.05) is 6.92 Å². The van der Waals surface area contributed by atoms with Crippen LogP contribution in [0.4, 0.5) is 0 Å². The fourth-order valence-electron chi connectivity index (χ4n) is 3.58. The second-order valence-electron chi connectivity index (χ2n) is 7.79. The first-order valence-corrected chi connectivity index (χ1v) is 10.1. The Bertz CT molecular complexity index is 690. The van der Waals surface area contributed by atoms with Crippen LogP contribution in [0.25, 0.3) is 0 Å². The molecule has 1 aromatic heterocycles. The minimum Gasteiger partial charge on any atom is -0.387 e. The number of amides is 2. The molecule has 2 aliphatic heterocycles. The lowest BCUT2D eigenvalue weighted by atomic mass is 9.85. The lowest BCUT2D eigenvalue weighted by Crippen LogP contribution is -2.48. The first-order chi connectivity index (χ1) is 12.3. The molecule has 7 heteroatoms. The van der Waals surface area contributed by atoms with Gasteiger partial charge in [0, 0.05) is 23.5 Å². The molecule has 2 aliphatic rings. The maximum atomic E-state index is 12.7. The van der Waals surface area contributed by atoms with Crippen LogP contribution in [0.1, 0.15) is 60.1 Å². The molecule has 0 aromatic carbocycles. The van der Waals surface area contributed by atoms with E-state index in [2.05, 4.69) is 12.2 Å². The molecule has 0 bridgehead atoms. The van der Waals surface area contributed by atoms with Gasteiger partial charge in [-0.15, -0.1) is 11.3 Å². The summed E-state index contributed by atoms with van der Waals surface area (Å²) in [6.45, 7) is 7.44. The van der Waals surface area contributed by atoms with Crippen molar-refractivity contribution in [2.24, 2.45) is 0 Å². The minimum atomic E-state index is -0.449. The average Bonchev–Trinajstić information content (AvgIpc) is 3.08. The van der Waals surface area contributed by atoms with Crippen LogP contribution in [0.2, 0.25) is 0 Å². The number of aliphatic hydroxyl groups excluding tert-OH is 1. The van der Waals surface area contributed by atoms with Gasteiger partial charge < -0.3 is 20.1 Å². The van der Waals surface area contributed by atoms with Crippen molar-refractivity contribution in [1.29, 1.82) is 0 Å². The van der Waals surface area contributed by atoms with Crippen LogP contribution < -0.4 is 5.32 Å². The van der Waals surface area contributed by atoms with Gasteiger partial charge in [-0.05, 0) is 51.2 Å². The summed E-state index contributed by atoms with van der Waals surface area (Å²) in [6.07, 6.45) is 3.09. The van der Waals surface area contributed by atoms with Gasteiger partial charge in [0.2, 0.25) is 5.91 Å². The minimum absolute atomic E-state index is 0.0284. The molecular formula is C19H28N2O4S. The molecule has 0 radical (unpaired) electrons. The Hall–Kier alpha value is -1.44. The molecular weight excluding hydrogens is 352 g/mol. The van der Waals surface area contributed by atoms with Gasteiger partial charge in [-0.3, -0.25) is 9.59 Å². The second-order valence-corrected chi connectivity index (χ2v) is 8.84. The summed E-state index contributed by atoms with van der Waals surface area (Å²) in [7, 11) is 0. The van der Waals surface area contributed by atoms with Crippen molar-refractivity contribution in [3.05, 3.63) is 21.4 Å². The van der Waals surface area contributed by atoms with E-state index >= 15 is 0 Å². The highest BCUT2D eigenvalue weighted by molar-refractivity contribution is 7.14. The van der Waals surface area contributed by atoms with Crippen molar-refractivity contribution in [2.45, 2.75) is 57.6 Å². The Kier molecular flexibility index (Phi) is 5.42. The topological polar surface area (TPSA) is 78.9 Å². The summed E-state index contributed by atoms with van der Waals surface area (Å²) < 4.78 is 6.19. The number of rotatable bonds is 4. The molecule has 0 saturated carbocycles. The van der Waals surface area contributed by atoms with Gasteiger partial charge in [-0.25, -0.2) is 0 Å². The summed E-state index contributed by atoms with van der Waals surface area (Å²) >= 11 is 1.53. The predicted molar refractivity (Wildman–Crippen MR) is 100 cm³/mol. The lowest BCUT2D eigenvalue weighted by Gasteiger charge is -2.43. The smallest absolute Gasteiger partial charge is 0.261 e. The number of piperidine rings is 1. The van der Waals surface area contributed by atoms with E-state index in [9.17, 15) is 9.59 Å². The van der Waals surface area contributed by atoms with Gasteiger partial charge in [0.05, 0.1) is 11.5 Å². The van der Waals surface area contributed by atoms with Crippen molar-refractivity contribution in [1.82, 2.24) is 10.2 Å². The van der Waals surface area contributed by atoms with E-state index in [1.54, 1.807) is 4.90 Å². The molecule has 26 heavy (non-hydrogen) atoms. The van der Waals surface area contributed by atoms with Crippen LogP contribution in [-0.2, 0) is 21.6 Å². The first kappa shape index (κ1) is 19.3. The number of carbonyl (C=O) groups excluding carboxylic acids is 2. The van der Waals surface area contributed by atoms with E-state index in [0.29, 0.717) is 32.5 Å². The van der Waals surface area contributed by atoms with Crippen LogP contribution >= 0.6 is 11.3 Å². The van der Waals surface area contributed by atoms with Gasteiger partial charge >= 0.3 is 0 Å². The van der Waals surface area contributed by atoms with Gasteiger partial charge in [0.15, 0.2) is 0 Å². The van der Waals surface area contributed by atoms with Crippen LogP contribution in [-0.4, -0.2) is 53.7 Å². The summed E-state index contributed by atoms with van der Waals surface area (Å²) in [5.41, 5.74) is 0.567. The van der Waals surface area contributed by atoms with Crippen molar-refractivity contribution in [3.63, 3.8) is 0 Å². The molecule has 144 valence electrons. The molecule has 0 atom stereocenters. The highest BCUT2D eigenvalue weighted by Crippen LogP contribution is 2.45. The molecule has 0 unspecified atom stereocenters. The zero-order chi connectivity index (χ0) is 18.9. The summed E-state index contributed by atoms with van der Waals surface area (Å²) in [4.78, 5) is 27.9. The predicted octanol–water partition coefficient (Wildman–Crippen LogP) is 2.05. The van der Waals surface area contributed by atoms with Crippen molar-refractivity contribution in [2.75, 3.05) is 26.3 Å². The Labute approximate surface area is 158 Å². The van der Waals surface area contributed by atoms with E-state index in [4.69, 9.17) is 9.84 Å². The molecule has 1 aromatic rings. The molecule has 3 rings (SSSR count). The standard InChI is InChI=1S/C19H28N2O4S/c1-4-18(2,3)20-17(24)14-11-13-5-10-25-19(16(13)26-14)6-8-21(9-7-19)15(23)12-22/h11,22H,4-10,12H2,1-3H3,(H,20,24). The maximum absolute atomic E-state index is 12.7. The second kappa shape index (κ2) is 7.29. The number of likely N-dealkylation sites (tertiary alicyclic amines) is 1. The van der Waals surface area contributed by atoms with Crippen LogP contribution in [0.5, 0.6) is 0 Å². The molecule has 0 aliphatic carbocycles. The average molecular weight is 381 g/mol. The summed E-state index contributed by atoms with van der Waals surface area (Å²) in [6, 6.07) is 2.01. The number of nitrogens with zero attached hydrogens (tertiary/aromatic N) is 1. The van der Waals surface area contributed by atoms with Crippen LogP contribution in [0.3, 0.4) is 0 Å². The van der Waals surface area contributed by atoms with E-state index < -0.39 is 12.2 Å². The van der Waals surface area contributed by atoms with Crippen LogP contribution in [0, 0.1) is 0 Å². The van der Waals surface area contributed by atoms with Gasteiger partial charge in [-0.2, -0.15) is 0 Å². The number of nitrogens with one attached hydrogen (secondary N) is 1. The Balaban J connectivity index is 1.80. The fraction of sp³-hybridized carbons (Fsp3) is 0.684. The largest absolute Gasteiger partial charge is 0.387 e. The summed E-state index contributed by atoms with van der Waals surface area (Å²) in [5, 5.41) is 12.2. The normalized spacial score (nSPS) is 19.3.